The van der Waals surface area contributed by atoms with E-state index in [2.05, 4.69) is 4.98 Å². The second kappa shape index (κ2) is 7.71. The second-order valence-electron chi connectivity index (χ2n) is 3.75. The molecular formula is C11H16Cl2N2O2. The largest absolute Gasteiger partial charge is 1.00 e. The van der Waals surface area contributed by atoms with Crippen LogP contribution in [-0.4, -0.2) is 44.4 Å². The molecule has 0 saturated carbocycles. The minimum Gasteiger partial charge on any atom is -1.00 e. The number of halogens is 2. The Hall–Kier alpha value is -0.550. The molecular weight excluding hydrogens is 263 g/mol. The third-order valence-electron chi connectivity index (χ3n) is 2.62. The predicted molar refractivity (Wildman–Crippen MR) is 61.1 cm³/mol. The number of quaternary nitrogens is 1. The van der Waals surface area contributed by atoms with Crippen LogP contribution in [0.25, 0.3) is 0 Å². The standard InChI is InChI=1S/C11H15ClN2O2.ClH/c12-10-2-1-3-13-11(10)16-9-6-14-4-7-15-8-5-14;/h1-3H,4-9H2;1H. The van der Waals surface area contributed by atoms with Crippen molar-refractivity contribution in [1.29, 1.82) is 0 Å². The molecule has 1 aromatic rings. The molecule has 0 atom stereocenters. The number of nitrogens with one attached hydrogen (secondary N) is 1. The third-order valence-corrected chi connectivity index (χ3v) is 2.91. The monoisotopic (exact) mass is 278 g/mol. The summed E-state index contributed by atoms with van der Waals surface area (Å²) in [5, 5.41) is 0.569. The number of ether oxygens (including phenoxy) is 2. The summed E-state index contributed by atoms with van der Waals surface area (Å²) < 4.78 is 10.8. The highest BCUT2D eigenvalue weighted by Gasteiger charge is 2.13. The summed E-state index contributed by atoms with van der Waals surface area (Å²) in [7, 11) is 0. The first-order chi connectivity index (χ1) is 7.86. The van der Waals surface area contributed by atoms with Gasteiger partial charge >= 0.3 is 0 Å². The van der Waals surface area contributed by atoms with Gasteiger partial charge in [-0.05, 0) is 12.1 Å². The van der Waals surface area contributed by atoms with Gasteiger partial charge in [0.25, 0.3) is 0 Å². The lowest BCUT2D eigenvalue weighted by molar-refractivity contribution is -0.908. The Morgan fingerprint density at radius 2 is 2.18 bits per heavy atom. The van der Waals surface area contributed by atoms with E-state index in [-0.39, 0.29) is 12.4 Å². The van der Waals surface area contributed by atoms with E-state index in [9.17, 15) is 0 Å². The van der Waals surface area contributed by atoms with E-state index in [1.54, 1.807) is 18.3 Å². The number of pyridine rings is 1. The van der Waals surface area contributed by atoms with Crippen LogP contribution < -0.4 is 22.0 Å². The number of rotatable bonds is 4. The molecule has 1 N–H and O–H groups in total. The molecule has 1 aliphatic heterocycles. The van der Waals surface area contributed by atoms with E-state index in [0.717, 1.165) is 32.8 Å². The minimum absolute atomic E-state index is 0. The van der Waals surface area contributed by atoms with Crippen LogP contribution in [0.4, 0.5) is 0 Å². The van der Waals surface area contributed by atoms with Crippen molar-refractivity contribution >= 4 is 11.6 Å². The fourth-order valence-electron chi connectivity index (χ4n) is 1.68. The van der Waals surface area contributed by atoms with Gasteiger partial charge in [0.2, 0.25) is 5.88 Å². The molecule has 96 valence electrons. The normalized spacial score (nSPS) is 16.3. The van der Waals surface area contributed by atoms with Crippen molar-refractivity contribution in [2.45, 2.75) is 0 Å². The van der Waals surface area contributed by atoms with Crippen LogP contribution in [0.3, 0.4) is 0 Å². The summed E-state index contributed by atoms with van der Waals surface area (Å²) >= 11 is 5.93. The summed E-state index contributed by atoms with van der Waals surface area (Å²) in [6, 6.07) is 3.58. The van der Waals surface area contributed by atoms with Gasteiger partial charge in [-0.2, -0.15) is 0 Å². The SMILES string of the molecule is Clc1cccnc1OCC[NH+]1CCOCC1.[Cl-]. The van der Waals surface area contributed by atoms with Crippen LogP contribution >= 0.6 is 11.6 Å². The topological polar surface area (TPSA) is 35.8 Å². The first-order valence-electron chi connectivity index (χ1n) is 5.51. The van der Waals surface area contributed by atoms with E-state index in [1.807, 2.05) is 0 Å². The van der Waals surface area contributed by atoms with Crippen LogP contribution in [-0.2, 0) is 4.74 Å². The zero-order valence-corrected chi connectivity index (χ0v) is 11.0. The molecule has 1 saturated heterocycles. The van der Waals surface area contributed by atoms with Crippen molar-refractivity contribution in [3.63, 3.8) is 0 Å². The Balaban J connectivity index is 0.00000144. The van der Waals surface area contributed by atoms with Crippen LogP contribution in [0.2, 0.25) is 5.02 Å². The Bertz CT molecular complexity index is 333. The van der Waals surface area contributed by atoms with Crippen molar-refractivity contribution in [3.05, 3.63) is 23.4 Å². The van der Waals surface area contributed by atoms with E-state index in [1.165, 1.54) is 4.90 Å². The molecule has 1 fully saturated rings. The third kappa shape index (κ3) is 4.68. The van der Waals surface area contributed by atoms with Crippen molar-refractivity contribution in [2.75, 3.05) is 39.5 Å². The van der Waals surface area contributed by atoms with Gasteiger partial charge in [0.05, 0.1) is 13.2 Å². The van der Waals surface area contributed by atoms with E-state index >= 15 is 0 Å². The Kier molecular flexibility index (Phi) is 6.58. The number of hydrogen-bond acceptors (Lipinski definition) is 3. The molecule has 0 radical (unpaired) electrons. The number of aromatic nitrogens is 1. The van der Waals surface area contributed by atoms with Crippen molar-refractivity contribution in [2.24, 2.45) is 0 Å². The van der Waals surface area contributed by atoms with Gasteiger partial charge in [-0.1, -0.05) is 11.6 Å². The van der Waals surface area contributed by atoms with Crippen LogP contribution in [0.5, 0.6) is 5.88 Å². The molecule has 2 heterocycles. The highest BCUT2D eigenvalue weighted by atomic mass is 35.5. The second-order valence-corrected chi connectivity index (χ2v) is 4.16. The predicted octanol–water partition coefficient (Wildman–Crippen LogP) is -2.97. The van der Waals surface area contributed by atoms with Crippen LogP contribution in [0, 0.1) is 0 Å². The molecule has 2 rings (SSSR count). The molecule has 1 aliphatic rings. The van der Waals surface area contributed by atoms with Crippen LogP contribution in [0.15, 0.2) is 18.3 Å². The quantitative estimate of drug-likeness (QED) is 0.639. The highest BCUT2D eigenvalue weighted by Crippen LogP contribution is 2.19. The van der Waals surface area contributed by atoms with Crippen molar-refractivity contribution in [1.82, 2.24) is 4.98 Å². The molecule has 0 amide bonds. The summed E-state index contributed by atoms with van der Waals surface area (Å²) in [6.07, 6.45) is 1.68. The maximum Gasteiger partial charge on any atom is 0.232 e. The molecule has 0 unspecified atom stereocenters. The molecule has 0 spiro atoms. The van der Waals surface area contributed by atoms with Gasteiger partial charge in [0.1, 0.15) is 31.3 Å². The van der Waals surface area contributed by atoms with E-state index in [0.29, 0.717) is 17.5 Å². The average molecular weight is 279 g/mol. The van der Waals surface area contributed by atoms with Gasteiger partial charge in [0, 0.05) is 6.20 Å². The molecule has 4 nitrogen and oxygen atoms in total. The molecule has 1 aromatic heterocycles. The maximum atomic E-state index is 5.93. The smallest absolute Gasteiger partial charge is 0.232 e. The fourth-order valence-corrected chi connectivity index (χ4v) is 1.86. The molecule has 17 heavy (non-hydrogen) atoms. The highest BCUT2D eigenvalue weighted by molar-refractivity contribution is 6.31. The van der Waals surface area contributed by atoms with Gasteiger partial charge in [-0.15, -0.1) is 0 Å². The van der Waals surface area contributed by atoms with E-state index in [4.69, 9.17) is 21.1 Å². The lowest BCUT2D eigenvalue weighted by Crippen LogP contribution is -3.14. The van der Waals surface area contributed by atoms with Gasteiger partial charge in [-0.3, -0.25) is 0 Å². The van der Waals surface area contributed by atoms with Gasteiger partial charge in [0.15, 0.2) is 0 Å². The molecule has 0 aromatic carbocycles. The summed E-state index contributed by atoms with van der Waals surface area (Å²) in [5.74, 6) is 0.525. The van der Waals surface area contributed by atoms with E-state index < -0.39 is 0 Å². The Morgan fingerprint density at radius 3 is 2.88 bits per heavy atom. The first-order valence-corrected chi connectivity index (χ1v) is 5.88. The van der Waals surface area contributed by atoms with Gasteiger partial charge < -0.3 is 26.8 Å². The number of hydrogen-bond donors (Lipinski definition) is 1. The van der Waals surface area contributed by atoms with Crippen molar-refractivity contribution in [3.8, 4) is 5.88 Å². The summed E-state index contributed by atoms with van der Waals surface area (Å²) in [4.78, 5) is 5.59. The van der Waals surface area contributed by atoms with Crippen LogP contribution in [0.1, 0.15) is 0 Å². The fraction of sp³-hybridized carbons (Fsp3) is 0.545. The zero-order valence-electron chi connectivity index (χ0n) is 9.49. The van der Waals surface area contributed by atoms with Gasteiger partial charge in [-0.25, -0.2) is 4.98 Å². The minimum atomic E-state index is 0. The molecule has 0 bridgehead atoms. The molecule has 6 heteroatoms. The first kappa shape index (κ1) is 14.5. The maximum absolute atomic E-state index is 5.93. The lowest BCUT2D eigenvalue weighted by Gasteiger charge is -2.23. The summed E-state index contributed by atoms with van der Waals surface area (Å²) in [6.45, 7) is 5.42. The Morgan fingerprint density at radius 1 is 1.41 bits per heavy atom. The number of nitrogens with zero attached hydrogens (tertiary/aromatic N) is 1. The summed E-state index contributed by atoms with van der Waals surface area (Å²) in [5.41, 5.74) is 0. The van der Waals surface area contributed by atoms with Crippen molar-refractivity contribution < 1.29 is 26.8 Å². The molecule has 0 aliphatic carbocycles. The number of morpholine rings is 1. The average Bonchev–Trinajstić information content (AvgIpc) is 2.33. The lowest BCUT2D eigenvalue weighted by atomic mass is 10.4. The zero-order chi connectivity index (χ0) is 11.2. The Labute approximate surface area is 112 Å².